The number of rotatable bonds is 4. The minimum absolute atomic E-state index is 0.256. The van der Waals surface area contributed by atoms with Crippen molar-refractivity contribution in [3.63, 3.8) is 0 Å². The predicted molar refractivity (Wildman–Crippen MR) is 51.7 cm³/mol. The molecule has 1 atom stereocenters. The zero-order valence-electron chi connectivity index (χ0n) is 7.89. The number of nitro groups is 1. The smallest absolute Gasteiger partial charge is 0.305 e. The van der Waals surface area contributed by atoms with Crippen LogP contribution in [0.25, 0.3) is 0 Å². The van der Waals surface area contributed by atoms with Crippen LogP contribution in [-0.2, 0) is 0 Å². The van der Waals surface area contributed by atoms with Crippen LogP contribution >= 0.6 is 0 Å². The summed E-state index contributed by atoms with van der Waals surface area (Å²) in [6.45, 7) is 0.256. The molecular formula is C9H11FN2O3. The second-order valence-corrected chi connectivity index (χ2v) is 3.06. The van der Waals surface area contributed by atoms with Gasteiger partial charge in [0.15, 0.2) is 0 Å². The van der Waals surface area contributed by atoms with Crippen LogP contribution in [0.3, 0.4) is 0 Å². The van der Waals surface area contributed by atoms with E-state index in [1.807, 2.05) is 0 Å². The van der Waals surface area contributed by atoms with Gasteiger partial charge in [-0.15, -0.1) is 0 Å². The summed E-state index contributed by atoms with van der Waals surface area (Å²) >= 11 is 0. The molecule has 15 heavy (non-hydrogen) atoms. The van der Waals surface area contributed by atoms with E-state index in [0.29, 0.717) is 5.56 Å². The van der Waals surface area contributed by atoms with Crippen LogP contribution in [0, 0.1) is 15.9 Å². The molecule has 1 unspecified atom stereocenters. The van der Waals surface area contributed by atoms with Gasteiger partial charge in [0.1, 0.15) is 0 Å². The van der Waals surface area contributed by atoms with E-state index < -0.39 is 22.5 Å². The molecule has 3 N–H and O–H groups in total. The zero-order valence-corrected chi connectivity index (χ0v) is 7.89. The molecule has 0 amide bonds. The highest BCUT2D eigenvalue weighted by Crippen LogP contribution is 2.23. The molecule has 82 valence electrons. The average Bonchev–Trinajstić information content (AvgIpc) is 2.18. The van der Waals surface area contributed by atoms with Crippen LogP contribution in [-0.4, -0.2) is 16.6 Å². The van der Waals surface area contributed by atoms with E-state index in [2.05, 4.69) is 0 Å². The van der Waals surface area contributed by atoms with Gasteiger partial charge in [-0.3, -0.25) is 10.1 Å². The number of nitro benzene ring substituents is 1. The number of halogens is 1. The number of hydrogen-bond donors (Lipinski definition) is 2. The Balaban J connectivity index is 3.02. The van der Waals surface area contributed by atoms with Crippen molar-refractivity contribution in [1.82, 2.24) is 0 Å². The summed E-state index contributed by atoms with van der Waals surface area (Å²) in [6.07, 6.45) is -0.614. The molecule has 0 fully saturated rings. The number of nitrogens with zero attached hydrogens (tertiary/aromatic N) is 1. The first kappa shape index (κ1) is 11.5. The molecule has 0 radical (unpaired) electrons. The lowest BCUT2D eigenvalue weighted by molar-refractivity contribution is -0.387. The fourth-order valence-corrected chi connectivity index (χ4v) is 1.20. The van der Waals surface area contributed by atoms with E-state index in [4.69, 9.17) is 5.73 Å². The molecular weight excluding hydrogens is 203 g/mol. The van der Waals surface area contributed by atoms with E-state index in [9.17, 15) is 19.6 Å². The van der Waals surface area contributed by atoms with Gasteiger partial charge in [-0.05, 0) is 24.6 Å². The Hall–Kier alpha value is -1.53. The van der Waals surface area contributed by atoms with Crippen molar-refractivity contribution in [1.29, 1.82) is 0 Å². The molecule has 1 aromatic carbocycles. The molecule has 0 heterocycles. The average molecular weight is 214 g/mol. The highest BCUT2D eigenvalue weighted by molar-refractivity contribution is 5.37. The molecule has 0 aliphatic carbocycles. The maximum absolute atomic E-state index is 12.9. The van der Waals surface area contributed by atoms with Crippen LogP contribution in [0.1, 0.15) is 18.1 Å². The van der Waals surface area contributed by atoms with Crippen molar-refractivity contribution in [3.8, 4) is 0 Å². The van der Waals surface area contributed by atoms with Gasteiger partial charge >= 0.3 is 5.69 Å². The molecule has 0 aliphatic heterocycles. The van der Waals surface area contributed by atoms with Gasteiger partial charge < -0.3 is 10.8 Å². The Morgan fingerprint density at radius 3 is 2.80 bits per heavy atom. The fraction of sp³-hybridized carbons (Fsp3) is 0.333. The fourth-order valence-electron chi connectivity index (χ4n) is 1.20. The van der Waals surface area contributed by atoms with Crippen LogP contribution < -0.4 is 5.73 Å². The van der Waals surface area contributed by atoms with Crippen LogP contribution in [0.5, 0.6) is 0 Å². The minimum atomic E-state index is -0.913. The molecule has 1 aromatic rings. The lowest BCUT2D eigenvalue weighted by atomic mass is 10.1. The molecule has 1 rings (SSSR count). The van der Waals surface area contributed by atoms with Gasteiger partial charge in [-0.1, -0.05) is 6.07 Å². The standard InChI is InChI=1S/C9H11FN2O3/c10-7-2-1-6(9(13)3-4-11)5-8(7)12(14)15/h1-2,5,9,13H,3-4,11H2. The zero-order chi connectivity index (χ0) is 11.4. The van der Waals surface area contributed by atoms with E-state index in [0.717, 1.165) is 12.1 Å². The Bertz CT molecular complexity index is 370. The third-order valence-corrected chi connectivity index (χ3v) is 1.99. The summed E-state index contributed by atoms with van der Waals surface area (Å²) in [4.78, 5) is 9.59. The number of benzene rings is 1. The largest absolute Gasteiger partial charge is 0.388 e. The van der Waals surface area contributed by atoms with Crippen molar-refractivity contribution in [2.24, 2.45) is 5.73 Å². The lowest BCUT2D eigenvalue weighted by Crippen LogP contribution is -2.07. The quantitative estimate of drug-likeness (QED) is 0.580. The predicted octanol–water partition coefficient (Wildman–Crippen LogP) is 1.12. The normalized spacial score (nSPS) is 12.5. The maximum Gasteiger partial charge on any atom is 0.305 e. The molecule has 0 aliphatic rings. The van der Waals surface area contributed by atoms with Crippen molar-refractivity contribution in [3.05, 3.63) is 39.7 Å². The summed E-state index contributed by atoms with van der Waals surface area (Å²) in [6, 6.07) is 3.30. The first-order valence-electron chi connectivity index (χ1n) is 4.38. The summed E-state index contributed by atoms with van der Waals surface area (Å²) < 4.78 is 12.9. The topological polar surface area (TPSA) is 89.4 Å². The van der Waals surface area contributed by atoms with Crippen LogP contribution in [0.4, 0.5) is 10.1 Å². The van der Waals surface area contributed by atoms with Crippen molar-refractivity contribution in [2.45, 2.75) is 12.5 Å². The summed E-state index contributed by atoms with van der Waals surface area (Å²) in [5.41, 5.74) is 4.89. The molecule has 0 aromatic heterocycles. The molecule has 5 nitrogen and oxygen atoms in total. The summed E-state index contributed by atoms with van der Waals surface area (Å²) in [7, 11) is 0. The van der Waals surface area contributed by atoms with E-state index >= 15 is 0 Å². The highest BCUT2D eigenvalue weighted by Gasteiger charge is 2.17. The second-order valence-electron chi connectivity index (χ2n) is 3.06. The van der Waals surface area contributed by atoms with Crippen LogP contribution in [0.15, 0.2) is 18.2 Å². The van der Waals surface area contributed by atoms with Crippen molar-refractivity contribution < 1.29 is 14.4 Å². The number of hydrogen-bond acceptors (Lipinski definition) is 4. The third kappa shape index (κ3) is 2.71. The van der Waals surface area contributed by atoms with Gasteiger partial charge in [0.25, 0.3) is 0 Å². The third-order valence-electron chi connectivity index (χ3n) is 1.99. The first-order chi connectivity index (χ1) is 7.06. The van der Waals surface area contributed by atoms with Crippen LogP contribution in [0.2, 0.25) is 0 Å². The molecule has 0 saturated heterocycles. The minimum Gasteiger partial charge on any atom is -0.388 e. The van der Waals surface area contributed by atoms with E-state index in [-0.39, 0.29) is 13.0 Å². The number of aliphatic hydroxyl groups excluding tert-OH is 1. The number of nitrogens with two attached hydrogens (primary N) is 1. The molecule has 6 heteroatoms. The lowest BCUT2D eigenvalue weighted by Gasteiger charge is -2.08. The van der Waals surface area contributed by atoms with Gasteiger partial charge in [-0.25, -0.2) is 0 Å². The van der Waals surface area contributed by atoms with Crippen molar-refractivity contribution >= 4 is 5.69 Å². The van der Waals surface area contributed by atoms with Crippen molar-refractivity contribution in [2.75, 3.05) is 6.54 Å². The summed E-state index contributed by atoms with van der Waals surface area (Å²) in [5, 5.41) is 19.9. The van der Waals surface area contributed by atoms with Gasteiger partial charge in [0, 0.05) is 6.07 Å². The van der Waals surface area contributed by atoms with E-state index in [1.54, 1.807) is 0 Å². The SMILES string of the molecule is NCCC(O)c1ccc(F)c([N+](=O)[O-])c1. The monoisotopic (exact) mass is 214 g/mol. The molecule has 0 bridgehead atoms. The Labute approximate surface area is 85.5 Å². The van der Waals surface area contributed by atoms with Gasteiger partial charge in [-0.2, -0.15) is 4.39 Å². The van der Waals surface area contributed by atoms with E-state index in [1.165, 1.54) is 6.07 Å². The maximum atomic E-state index is 12.9. The Morgan fingerprint density at radius 2 is 2.27 bits per heavy atom. The molecule has 0 saturated carbocycles. The first-order valence-corrected chi connectivity index (χ1v) is 4.38. The second kappa shape index (κ2) is 4.81. The van der Waals surface area contributed by atoms with Gasteiger partial charge in [0.2, 0.25) is 5.82 Å². The highest BCUT2D eigenvalue weighted by atomic mass is 19.1. The Morgan fingerprint density at radius 1 is 1.60 bits per heavy atom. The number of aliphatic hydroxyl groups is 1. The molecule has 0 spiro atoms. The van der Waals surface area contributed by atoms with Gasteiger partial charge in [0.05, 0.1) is 11.0 Å². The summed E-state index contributed by atoms with van der Waals surface area (Å²) in [5.74, 6) is -0.913. The Kier molecular flexibility index (Phi) is 3.70.